The minimum absolute atomic E-state index is 0.0605. The number of hydrogen-bond acceptors (Lipinski definition) is 3. The molecular formula is C21H30O3. The SMILES string of the molecule is CC(=O)C1(O)CCC2C3=CCC4CC(=O)CCC4(C)C3CCC21C. The zero-order valence-corrected chi connectivity index (χ0v) is 15.2. The van der Waals surface area contributed by atoms with E-state index in [0.29, 0.717) is 30.0 Å². The van der Waals surface area contributed by atoms with Crippen molar-refractivity contribution in [3.05, 3.63) is 11.6 Å². The summed E-state index contributed by atoms with van der Waals surface area (Å²) >= 11 is 0. The van der Waals surface area contributed by atoms with E-state index in [9.17, 15) is 14.7 Å². The molecule has 3 saturated carbocycles. The first-order chi connectivity index (χ1) is 11.2. The summed E-state index contributed by atoms with van der Waals surface area (Å²) in [6.07, 6.45) is 9.39. The fourth-order valence-electron chi connectivity index (χ4n) is 6.90. The van der Waals surface area contributed by atoms with Crippen LogP contribution in [0.3, 0.4) is 0 Å². The molecule has 0 bridgehead atoms. The van der Waals surface area contributed by atoms with Crippen LogP contribution >= 0.6 is 0 Å². The summed E-state index contributed by atoms with van der Waals surface area (Å²) in [5.41, 5.74) is 0.281. The molecule has 4 rings (SSSR count). The maximum absolute atomic E-state index is 12.2. The van der Waals surface area contributed by atoms with Crippen LogP contribution < -0.4 is 0 Å². The van der Waals surface area contributed by atoms with Crippen molar-refractivity contribution >= 4 is 11.6 Å². The third kappa shape index (κ3) is 1.88. The largest absolute Gasteiger partial charge is 0.381 e. The van der Waals surface area contributed by atoms with Gasteiger partial charge in [-0.2, -0.15) is 0 Å². The van der Waals surface area contributed by atoms with Gasteiger partial charge < -0.3 is 5.11 Å². The zero-order chi connectivity index (χ0) is 17.3. The number of rotatable bonds is 1. The van der Waals surface area contributed by atoms with Crippen LogP contribution in [-0.2, 0) is 9.59 Å². The van der Waals surface area contributed by atoms with Gasteiger partial charge >= 0.3 is 0 Å². The Labute approximate surface area is 144 Å². The van der Waals surface area contributed by atoms with Crippen LogP contribution in [0.5, 0.6) is 0 Å². The van der Waals surface area contributed by atoms with Crippen molar-refractivity contribution in [2.45, 2.75) is 77.7 Å². The van der Waals surface area contributed by atoms with Crippen molar-refractivity contribution in [3.63, 3.8) is 0 Å². The second-order valence-electron chi connectivity index (χ2n) is 9.40. The molecule has 6 unspecified atom stereocenters. The highest BCUT2D eigenvalue weighted by Gasteiger charge is 2.64. The van der Waals surface area contributed by atoms with Gasteiger partial charge in [0.15, 0.2) is 5.78 Å². The van der Waals surface area contributed by atoms with E-state index in [0.717, 1.165) is 44.9 Å². The Morgan fingerprint density at radius 2 is 1.88 bits per heavy atom. The fourth-order valence-corrected chi connectivity index (χ4v) is 6.90. The fraction of sp³-hybridized carbons (Fsp3) is 0.810. The van der Waals surface area contributed by atoms with Gasteiger partial charge in [0.1, 0.15) is 11.4 Å². The van der Waals surface area contributed by atoms with Gasteiger partial charge in [-0.3, -0.25) is 9.59 Å². The number of hydrogen-bond donors (Lipinski definition) is 1. The van der Waals surface area contributed by atoms with Gasteiger partial charge in [0, 0.05) is 18.3 Å². The van der Waals surface area contributed by atoms with Crippen molar-refractivity contribution in [2.24, 2.45) is 28.6 Å². The quantitative estimate of drug-likeness (QED) is 0.743. The summed E-state index contributed by atoms with van der Waals surface area (Å²) in [6, 6.07) is 0. The van der Waals surface area contributed by atoms with Crippen molar-refractivity contribution in [2.75, 3.05) is 0 Å². The maximum Gasteiger partial charge on any atom is 0.161 e. The van der Waals surface area contributed by atoms with Gasteiger partial charge in [-0.1, -0.05) is 25.5 Å². The molecule has 0 heterocycles. The number of allylic oxidation sites excluding steroid dienone is 2. The van der Waals surface area contributed by atoms with Crippen LogP contribution in [0.15, 0.2) is 11.6 Å². The van der Waals surface area contributed by atoms with E-state index in [1.807, 2.05) is 0 Å². The monoisotopic (exact) mass is 330 g/mol. The maximum atomic E-state index is 12.2. The summed E-state index contributed by atoms with van der Waals surface area (Å²) < 4.78 is 0. The second-order valence-corrected chi connectivity index (χ2v) is 9.40. The van der Waals surface area contributed by atoms with Gasteiger partial charge in [0.05, 0.1) is 0 Å². The summed E-state index contributed by atoms with van der Waals surface area (Å²) in [5, 5.41) is 11.1. The highest BCUT2D eigenvalue weighted by molar-refractivity contribution is 5.86. The van der Waals surface area contributed by atoms with E-state index in [2.05, 4.69) is 19.9 Å². The lowest BCUT2D eigenvalue weighted by Crippen LogP contribution is -2.55. The Morgan fingerprint density at radius 3 is 2.58 bits per heavy atom. The summed E-state index contributed by atoms with van der Waals surface area (Å²) in [5.74, 6) is 1.73. The van der Waals surface area contributed by atoms with E-state index in [1.165, 1.54) is 5.57 Å². The topological polar surface area (TPSA) is 54.4 Å². The minimum atomic E-state index is -1.15. The number of ketones is 2. The first kappa shape index (κ1) is 16.5. The van der Waals surface area contributed by atoms with E-state index in [4.69, 9.17) is 0 Å². The summed E-state index contributed by atoms with van der Waals surface area (Å²) in [4.78, 5) is 24.1. The molecule has 6 atom stereocenters. The lowest BCUT2D eigenvalue weighted by molar-refractivity contribution is -0.152. The Bertz CT molecular complexity index is 635. The number of aliphatic hydroxyl groups is 1. The van der Waals surface area contributed by atoms with Gasteiger partial charge in [0.25, 0.3) is 0 Å². The van der Waals surface area contributed by atoms with Gasteiger partial charge in [0.2, 0.25) is 0 Å². The van der Waals surface area contributed by atoms with Crippen molar-refractivity contribution in [3.8, 4) is 0 Å². The van der Waals surface area contributed by atoms with Crippen molar-refractivity contribution in [1.82, 2.24) is 0 Å². The third-order valence-electron chi connectivity index (χ3n) is 8.63. The van der Waals surface area contributed by atoms with E-state index in [-0.39, 0.29) is 16.6 Å². The molecule has 0 aromatic rings. The van der Waals surface area contributed by atoms with E-state index < -0.39 is 5.60 Å². The highest BCUT2D eigenvalue weighted by atomic mass is 16.3. The Kier molecular flexibility index (Phi) is 3.46. The predicted octanol–water partition coefficient (Wildman–Crippen LogP) is 3.84. The van der Waals surface area contributed by atoms with Gasteiger partial charge in [-0.15, -0.1) is 0 Å². The Morgan fingerprint density at radius 1 is 1.17 bits per heavy atom. The first-order valence-electron chi connectivity index (χ1n) is 9.67. The Hall–Kier alpha value is -0.960. The normalized spacial score (nSPS) is 50.6. The minimum Gasteiger partial charge on any atom is -0.381 e. The second kappa shape index (κ2) is 5.03. The predicted molar refractivity (Wildman–Crippen MR) is 92.3 cm³/mol. The molecule has 0 spiro atoms. The summed E-state index contributed by atoms with van der Waals surface area (Å²) in [6.45, 7) is 6.09. The molecule has 24 heavy (non-hydrogen) atoms. The average molecular weight is 330 g/mol. The molecular weight excluding hydrogens is 300 g/mol. The molecule has 3 heteroatoms. The zero-order valence-electron chi connectivity index (χ0n) is 15.2. The van der Waals surface area contributed by atoms with Gasteiger partial charge in [-0.25, -0.2) is 0 Å². The van der Waals surface area contributed by atoms with E-state index in [1.54, 1.807) is 6.92 Å². The molecule has 0 amide bonds. The van der Waals surface area contributed by atoms with E-state index >= 15 is 0 Å². The van der Waals surface area contributed by atoms with Crippen LogP contribution in [-0.4, -0.2) is 22.3 Å². The van der Waals surface area contributed by atoms with Crippen LogP contribution in [0.4, 0.5) is 0 Å². The molecule has 3 fully saturated rings. The van der Waals surface area contributed by atoms with Crippen molar-refractivity contribution in [1.29, 1.82) is 0 Å². The molecule has 0 aliphatic heterocycles. The molecule has 0 aromatic carbocycles. The molecule has 1 N–H and O–H groups in total. The smallest absolute Gasteiger partial charge is 0.161 e. The number of carbonyl (C=O) groups is 2. The number of carbonyl (C=O) groups excluding carboxylic acids is 2. The van der Waals surface area contributed by atoms with Crippen LogP contribution in [0.1, 0.15) is 72.1 Å². The molecule has 4 aliphatic carbocycles. The van der Waals surface area contributed by atoms with Crippen LogP contribution in [0, 0.1) is 28.6 Å². The van der Waals surface area contributed by atoms with Gasteiger partial charge in [-0.05, 0) is 68.6 Å². The molecule has 0 saturated heterocycles. The Balaban J connectivity index is 1.72. The van der Waals surface area contributed by atoms with Crippen LogP contribution in [0.2, 0.25) is 0 Å². The molecule has 0 aromatic heterocycles. The summed E-state index contributed by atoms with van der Waals surface area (Å²) in [7, 11) is 0. The number of fused-ring (bicyclic) bond motifs is 5. The average Bonchev–Trinajstić information content (AvgIpc) is 2.81. The standard InChI is InChI=1S/C21H30O3/c1-13(22)21(24)11-8-18-16-5-4-14-12-15(23)6-9-19(14,2)17(16)7-10-20(18,21)3/h5,14,17-18,24H,4,6-12H2,1-3H3. The molecule has 4 aliphatic rings. The lowest BCUT2D eigenvalue weighted by atomic mass is 9.47. The molecule has 3 nitrogen and oxygen atoms in total. The highest BCUT2D eigenvalue weighted by Crippen LogP contribution is 2.66. The number of Topliss-reactive ketones (excluding diaryl/α,β-unsaturated/α-hetero) is 2. The lowest BCUT2D eigenvalue weighted by Gasteiger charge is -2.57. The molecule has 0 radical (unpaired) electrons. The third-order valence-corrected chi connectivity index (χ3v) is 8.63. The van der Waals surface area contributed by atoms with Crippen molar-refractivity contribution < 1.29 is 14.7 Å². The molecule has 132 valence electrons. The van der Waals surface area contributed by atoms with Crippen LogP contribution in [0.25, 0.3) is 0 Å². The first-order valence-corrected chi connectivity index (χ1v) is 9.67.